The Morgan fingerprint density at radius 1 is 0.636 bits per heavy atom. The summed E-state index contributed by atoms with van der Waals surface area (Å²) in [5.41, 5.74) is 0.654. The Morgan fingerprint density at radius 2 is 0.939 bits per heavy atom. The number of sulfone groups is 1. The Labute approximate surface area is 196 Å². The molecule has 0 heterocycles. The van der Waals surface area contributed by atoms with E-state index in [1.807, 2.05) is 41.5 Å². The van der Waals surface area contributed by atoms with Gasteiger partial charge in [0.1, 0.15) is 0 Å². The molecule has 9 heteroatoms. The molecule has 0 unspecified atom stereocenters. The van der Waals surface area contributed by atoms with Gasteiger partial charge in [-0.25, -0.2) is 8.42 Å². The van der Waals surface area contributed by atoms with E-state index < -0.39 is 9.84 Å². The largest absolute Gasteiger partial charge is 0.325 e. The van der Waals surface area contributed by atoms with Gasteiger partial charge in [0, 0.05) is 22.5 Å². The van der Waals surface area contributed by atoms with E-state index in [4.69, 9.17) is 0 Å². The average Bonchev–Trinajstić information content (AvgIpc) is 2.71. The summed E-state index contributed by atoms with van der Waals surface area (Å²) in [6, 6.07) is 12.0. The lowest BCUT2D eigenvalue weighted by atomic mass is 10.1. The van der Waals surface area contributed by atoms with Crippen LogP contribution >= 0.6 is 0 Å². The van der Waals surface area contributed by atoms with E-state index in [0.717, 1.165) is 0 Å². The van der Waals surface area contributed by atoms with Crippen LogP contribution in [0.4, 0.5) is 11.4 Å². The molecule has 0 radical (unpaired) electrons. The first-order valence-corrected chi connectivity index (χ1v) is 12.2. The summed E-state index contributed by atoms with van der Waals surface area (Å²) in [6.45, 7) is 12.1. The van der Waals surface area contributed by atoms with Gasteiger partial charge >= 0.3 is 0 Å². The summed E-state index contributed by atoms with van der Waals surface area (Å²) in [5.74, 6) is -0.424. The lowest BCUT2D eigenvalue weighted by Gasteiger charge is -2.20. The highest BCUT2D eigenvalue weighted by atomic mass is 32.2. The molecule has 0 aliphatic carbocycles. The summed E-state index contributed by atoms with van der Waals surface area (Å²) in [4.78, 5) is 24.3. The van der Waals surface area contributed by atoms with Crippen molar-refractivity contribution in [3.63, 3.8) is 0 Å². The van der Waals surface area contributed by atoms with Gasteiger partial charge in [-0.2, -0.15) is 0 Å². The highest BCUT2D eigenvalue weighted by Crippen LogP contribution is 2.23. The first kappa shape index (κ1) is 26.5. The van der Waals surface area contributed by atoms with Crippen LogP contribution in [0.5, 0.6) is 0 Å². The third kappa shape index (κ3) is 8.95. The van der Waals surface area contributed by atoms with Gasteiger partial charge in [0.05, 0.1) is 22.9 Å². The van der Waals surface area contributed by atoms with Gasteiger partial charge in [0.15, 0.2) is 0 Å². The van der Waals surface area contributed by atoms with E-state index in [1.165, 1.54) is 24.3 Å². The van der Waals surface area contributed by atoms with Crippen molar-refractivity contribution in [1.29, 1.82) is 0 Å². The number of rotatable bonds is 8. The van der Waals surface area contributed by atoms with Crippen LogP contribution in [0.1, 0.15) is 41.5 Å². The lowest BCUT2D eigenvalue weighted by Crippen LogP contribution is -2.41. The Balaban J connectivity index is 2.01. The maximum absolute atomic E-state index is 12.9. The molecule has 0 aliphatic heterocycles. The predicted octanol–water partition coefficient (Wildman–Crippen LogP) is 3.17. The molecule has 0 spiro atoms. The maximum atomic E-state index is 12.9. The number of benzene rings is 2. The van der Waals surface area contributed by atoms with Crippen LogP contribution in [0, 0.1) is 0 Å². The Morgan fingerprint density at radius 3 is 1.21 bits per heavy atom. The van der Waals surface area contributed by atoms with Crippen molar-refractivity contribution in [3.05, 3.63) is 48.5 Å². The second-order valence-corrected chi connectivity index (χ2v) is 11.8. The highest BCUT2D eigenvalue weighted by molar-refractivity contribution is 7.91. The fraction of sp³-hybridized carbons (Fsp3) is 0.417. The SMILES string of the molecule is CC(C)(C)NCC(=O)Nc1ccc(S(=O)(=O)c2ccc(NC(=O)CNC(C)(C)C)cc2)cc1. The molecule has 0 saturated carbocycles. The molecule has 0 saturated heterocycles. The van der Waals surface area contributed by atoms with Crippen LogP contribution in [0.15, 0.2) is 58.3 Å². The topological polar surface area (TPSA) is 116 Å². The molecule has 4 N–H and O–H groups in total. The van der Waals surface area contributed by atoms with E-state index in [-0.39, 0.29) is 45.8 Å². The number of carbonyl (C=O) groups is 2. The molecule has 33 heavy (non-hydrogen) atoms. The zero-order chi connectivity index (χ0) is 24.9. The normalized spacial score (nSPS) is 12.3. The monoisotopic (exact) mass is 474 g/mol. The van der Waals surface area contributed by atoms with Crippen molar-refractivity contribution in [2.24, 2.45) is 0 Å². The molecule has 0 aromatic heterocycles. The number of carbonyl (C=O) groups excluding carboxylic acids is 2. The van der Waals surface area contributed by atoms with Crippen LogP contribution in [-0.4, -0.2) is 44.4 Å². The molecule has 0 atom stereocenters. The summed E-state index contributed by atoms with van der Waals surface area (Å²) in [6.07, 6.45) is 0. The van der Waals surface area contributed by atoms with Crippen molar-refractivity contribution >= 4 is 33.0 Å². The summed E-state index contributed by atoms with van der Waals surface area (Å²) in [5, 5.41) is 11.7. The molecule has 0 fully saturated rings. The summed E-state index contributed by atoms with van der Waals surface area (Å²) < 4.78 is 25.9. The van der Waals surface area contributed by atoms with E-state index in [1.54, 1.807) is 24.3 Å². The Hall–Kier alpha value is -2.75. The van der Waals surface area contributed by atoms with Gasteiger partial charge in [-0.3, -0.25) is 9.59 Å². The molecule has 2 aromatic rings. The first-order valence-electron chi connectivity index (χ1n) is 10.7. The van der Waals surface area contributed by atoms with Crippen molar-refractivity contribution in [3.8, 4) is 0 Å². The fourth-order valence-corrected chi connectivity index (χ4v) is 3.93. The average molecular weight is 475 g/mol. The molecule has 180 valence electrons. The van der Waals surface area contributed by atoms with E-state index in [2.05, 4.69) is 21.3 Å². The van der Waals surface area contributed by atoms with Gasteiger partial charge in [-0.15, -0.1) is 0 Å². The zero-order valence-electron chi connectivity index (χ0n) is 20.1. The third-order valence-corrected chi connectivity index (χ3v) is 6.24. The quantitative estimate of drug-likeness (QED) is 0.467. The van der Waals surface area contributed by atoms with Crippen LogP contribution in [0.2, 0.25) is 0 Å². The van der Waals surface area contributed by atoms with E-state index in [9.17, 15) is 18.0 Å². The van der Waals surface area contributed by atoms with Crippen LogP contribution < -0.4 is 21.3 Å². The highest BCUT2D eigenvalue weighted by Gasteiger charge is 2.18. The molecule has 0 aliphatic rings. The van der Waals surface area contributed by atoms with Gasteiger partial charge in [0.25, 0.3) is 0 Å². The van der Waals surface area contributed by atoms with Crippen LogP contribution in [0.25, 0.3) is 0 Å². The summed E-state index contributed by atoms with van der Waals surface area (Å²) >= 11 is 0. The molecular formula is C24H34N4O4S. The van der Waals surface area contributed by atoms with Crippen molar-refractivity contribution in [2.75, 3.05) is 23.7 Å². The van der Waals surface area contributed by atoms with Gasteiger partial charge in [0.2, 0.25) is 21.7 Å². The van der Waals surface area contributed by atoms with E-state index >= 15 is 0 Å². The zero-order valence-corrected chi connectivity index (χ0v) is 20.9. The van der Waals surface area contributed by atoms with Gasteiger partial charge in [-0.1, -0.05) is 0 Å². The Kier molecular flexibility index (Phi) is 8.40. The lowest BCUT2D eigenvalue weighted by molar-refractivity contribution is -0.116. The predicted molar refractivity (Wildman–Crippen MR) is 131 cm³/mol. The molecular weight excluding hydrogens is 440 g/mol. The summed E-state index contributed by atoms with van der Waals surface area (Å²) in [7, 11) is -3.74. The first-order chi connectivity index (χ1) is 15.2. The second-order valence-electron chi connectivity index (χ2n) is 9.86. The fourth-order valence-electron chi connectivity index (χ4n) is 2.67. The van der Waals surface area contributed by atoms with Crippen molar-refractivity contribution in [1.82, 2.24) is 10.6 Å². The van der Waals surface area contributed by atoms with Crippen molar-refractivity contribution in [2.45, 2.75) is 62.4 Å². The standard InChI is InChI=1S/C24H34N4O4S/c1-23(2,3)25-15-21(29)27-17-7-11-19(12-8-17)33(31,32)20-13-9-18(10-14-20)28-22(30)16-26-24(4,5)6/h7-14,25-26H,15-16H2,1-6H3,(H,27,29)(H,28,30). The molecule has 2 amide bonds. The number of hydrogen-bond acceptors (Lipinski definition) is 6. The van der Waals surface area contributed by atoms with Gasteiger partial charge < -0.3 is 21.3 Å². The minimum absolute atomic E-state index is 0.111. The smallest absolute Gasteiger partial charge is 0.238 e. The second kappa shape index (κ2) is 10.5. The number of nitrogens with one attached hydrogen (secondary N) is 4. The maximum Gasteiger partial charge on any atom is 0.238 e. The molecule has 2 aromatic carbocycles. The number of anilines is 2. The van der Waals surface area contributed by atoms with Crippen LogP contribution in [-0.2, 0) is 19.4 Å². The molecule has 0 bridgehead atoms. The van der Waals surface area contributed by atoms with Crippen LogP contribution in [0.3, 0.4) is 0 Å². The van der Waals surface area contributed by atoms with E-state index in [0.29, 0.717) is 11.4 Å². The minimum Gasteiger partial charge on any atom is -0.325 e. The minimum atomic E-state index is -3.74. The number of amides is 2. The molecule has 2 rings (SSSR count). The number of hydrogen-bond donors (Lipinski definition) is 4. The third-order valence-electron chi connectivity index (χ3n) is 4.46. The Bertz CT molecular complexity index is 984. The van der Waals surface area contributed by atoms with Crippen molar-refractivity contribution < 1.29 is 18.0 Å². The van der Waals surface area contributed by atoms with Gasteiger partial charge in [-0.05, 0) is 90.1 Å². The molecule has 8 nitrogen and oxygen atoms in total.